The number of aliphatic carboxylic acids is 1. The second-order valence-corrected chi connectivity index (χ2v) is 4.71. The fourth-order valence-electron chi connectivity index (χ4n) is 1.87. The van der Waals surface area contributed by atoms with Crippen molar-refractivity contribution in [3.8, 4) is 0 Å². The van der Waals surface area contributed by atoms with Gasteiger partial charge in [-0.3, -0.25) is 4.79 Å². The van der Waals surface area contributed by atoms with Crippen LogP contribution >= 0.6 is 0 Å². The van der Waals surface area contributed by atoms with E-state index in [2.05, 4.69) is 5.32 Å². The minimum Gasteiger partial charge on any atom is -0.480 e. The van der Waals surface area contributed by atoms with Gasteiger partial charge in [-0.25, -0.2) is 4.79 Å². The van der Waals surface area contributed by atoms with Crippen LogP contribution in [0, 0.1) is 5.92 Å². The van der Waals surface area contributed by atoms with Crippen molar-refractivity contribution in [2.75, 3.05) is 0 Å². The summed E-state index contributed by atoms with van der Waals surface area (Å²) in [6, 6.07) is 2.85. The summed E-state index contributed by atoms with van der Waals surface area (Å²) in [5, 5.41) is 11.2. The van der Waals surface area contributed by atoms with Crippen LogP contribution in [0.2, 0.25) is 0 Å². The molecule has 0 heterocycles. The number of halogens is 3. The van der Waals surface area contributed by atoms with Crippen LogP contribution in [-0.2, 0) is 11.0 Å². The second kappa shape index (κ2) is 5.15. The Balaban J connectivity index is 2.14. The zero-order valence-corrected chi connectivity index (χ0v) is 10.3. The third-order valence-electron chi connectivity index (χ3n) is 3.10. The Hall–Kier alpha value is -2.05. The Morgan fingerprint density at radius 1 is 1.30 bits per heavy atom. The fraction of sp³-hybridized carbons (Fsp3) is 0.385. The van der Waals surface area contributed by atoms with Gasteiger partial charge >= 0.3 is 12.1 Å². The van der Waals surface area contributed by atoms with Crippen LogP contribution in [-0.4, -0.2) is 23.0 Å². The Bertz CT molecular complexity index is 538. The van der Waals surface area contributed by atoms with Gasteiger partial charge in [-0.1, -0.05) is 6.07 Å². The molecule has 1 aromatic rings. The zero-order chi connectivity index (χ0) is 14.9. The van der Waals surface area contributed by atoms with Gasteiger partial charge in [0.05, 0.1) is 5.56 Å². The third-order valence-corrected chi connectivity index (χ3v) is 3.10. The van der Waals surface area contributed by atoms with Gasteiger partial charge in [0.1, 0.15) is 6.04 Å². The van der Waals surface area contributed by atoms with E-state index in [9.17, 15) is 22.8 Å². The zero-order valence-electron chi connectivity index (χ0n) is 10.3. The first-order chi connectivity index (χ1) is 9.29. The van der Waals surface area contributed by atoms with Crippen molar-refractivity contribution in [2.24, 2.45) is 5.92 Å². The smallest absolute Gasteiger partial charge is 0.416 e. The normalized spacial score (nSPS) is 16.6. The molecule has 1 unspecified atom stereocenters. The number of nitrogens with one attached hydrogen (secondary N) is 1. The van der Waals surface area contributed by atoms with E-state index in [1.807, 2.05) is 0 Å². The molecular weight excluding hydrogens is 275 g/mol. The highest BCUT2D eigenvalue weighted by atomic mass is 19.4. The molecule has 1 aliphatic rings. The quantitative estimate of drug-likeness (QED) is 0.893. The lowest BCUT2D eigenvalue weighted by Gasteiger charge is -2.14. The van der Waals surface area contributed by atoms with Crippen LogP contribution in [0.5, 0.6) is 0 Å². The maximum absolute atomic E-state index is 12.5. The van der Waals surface area contributed by atoms with Gasteiger partial charge in [0, 0.05) is 5.56 Å². The van der Waals surface area contributed by atoms with E-state index in [1.54, 1.807) is 0 Å². The summed E-state index contributed by atoms with van der Waals surface area (Å²) >= 11 is 0. The molecule has 1 atom stereocenters. The molecule has 0 radical (unpaired) electrons. The van der Waals surface area contributed by atoms with E-state index in [4.69, 9.17) is 5.11 Å². The van der Waals surface area contributed by atoms with E-state index < -0.39 is 29.7 Å². The average molecular weight is 287 g/mol. The molecule has 2 N–H and O–H groups in total. The molecule has 1 amide bonds. The van der Waals surface area contributed by atoms with Gasteiger partial charge in [-0.2, -0.15) is 13.2 Å². The average Bonchev–Trinajstić information content (AvgIpc) is 3.18. The fourth-order valence-corrected chi connectivity index (χ4v) is 1.87. The predicted molar refractivity (Wildman–Crippen MR) is 63.1 cm³/mol. The molecule has 0 saturated heterocycles. The Labute approximate surface area is 112 Å². The number of benzene rings is 1. The lowest BCUT2D eigenvalue weighted by Crippen LogP contribution is -2.42. The molecular formula is C13H12F3NO3. The van der Waals surface area contributed by atoms with Gasteiger partial charge in [0.15, 0.2) is 0 Å². The standard InChI is InChI=1S/C13H12F3NO3/c14-13(15,16)9-3-1-2-8(6-9)11(18)17-10(12(19)20)7-4-5-7/h1-3,6-7,10H,4-5H2,(H,17,18)(H,19,20). The minimum atomic E-state index is -4.54. The minimum absolute atomic E-state index is 0.137. The summed E-state index contributed by atoms with van der Waals surface area (Å²) in [6.07, 6.45) is -3.15. The maximum atomic E-state index is 12.5. The van der Waals surface area contributed by atoms with Crippen LogP contribution in [0.1, 0.15) is 28.8 Å². The molecule has 0 spiro atoms. The van der Waals surface area contributed by atoms with Gasteiger partial charge in [-0.05, 0) is 37.0 Å². The highest BCUT2D eigenvalue weighted by Crippen LogP contribution is 2.33. The van der Waals surface area contributed by atoms with Crippen molar-refractivity contribution in [3.05, 3.63) is 35.4 Å². The number of rotatable bonds is 4. The van der Waals surface area contributed by atoms with Crippen LogP contribution in [0.15, 0.2) is 24.3 Å². The first-order valence-electron chi connectivity index (χ1n) is 6.00. The number of amides is 1. The molecule has 4 nitrogen and oxygen atoms in total. The molecule has 7 heteroatoms. The number of alkyl halides is 3. The largest absolute Gasteiger partial charge is 0.480 e. The van der Waals surface area contributed by atoms with Gasteiger partial charge in [0.2, 0.25) is 0 Å². The second-order valence-electron chi connectivity index (χ2n) is 4.71. The Morgan fingerprint density at radius 3 is 2.45 bits per heavy atom. The van der Waals surface area contributed by atoms with Crippen LogP contribution in [0.3, 0.4) is 0 Å². The lowest BCUT2D eigenvalue weighted by atomic mass is 10.1. The number of hydrogen-bond acceptors (Lipinski definition) is 2. The predicted octanol–water partition coefficient (Wildman–Crippen LogP) is 2.30. The summed E-state index contributed by atoms with van der Waals surface area (Å²) in [6.45, 7) is 0. The van der Waals surface area contributed by atoms with Crippen molar-refractivity contribution in [1.29, 1.82) is 0 Å². The van der Waals surface area contributed by atoms with Crippen LogP contribution in [0.4, 0.5) is 13.2 Å². The van der Waals surface area contributed by atoms with Crippen LogP contribution < -0.4 is 5.32 Å². The molecule has 1 fully saturated rings. The monoisotopic (exact) mass is 287 g/mol. The number of carboxylic acids is 1. The van der Waals surface area contributed by atoms with Crippen molar-refractivity contribution < 1.29 is 27.9 Å². The van der Waals surface area contributed by atoms with E-state index in [-0.39, 0.29) is 11.5 Å². The number of hydrogen-bond donors (Lipinski definition) is 2. The lowest BCUT2D eigenvalue weighted by molar-refractivity contribution is -0.140. The Kier molecular flexibility index (Phi) is 3.69. The summed E-state index contributed by atoms with van der Waals surface area (Å²) in [5.74, 6) is -2.12. The summed E-state index contributed by atoms with van der Waals surface area (Å²) in [7, 11) is 0. The number of carbonyl (C=O) groups is 2. The van der Waals surface area contributed by atoms with E-state index in [0.29, 0.717) is 18.9 Å². The van der Waals surface area contributed by atoms with Crippen molar-refractivity contribution in [1.82, 2.24) is 5.32 Å². The van der Waals surface area contributed by atoms with Crippen molar-refractivity contribution >= 4 is 11.9 Å². The van der Waals surface area contributed by atoms with Gasteiger partial charge in [-0.15, -0.1) is 0 Å². The summed E-state index contributed by atoms with van der Waals surface area (Å²) in [4.78, 5) is 22.8. The summed E-state index contributed by atoms with van der Waals surface area (Å²) in [5.41, 5.74) is -1.14. The Morgan fingerprint density at radius 2 is 1.95 bits per heavy atom. The summed E-state index contributed by atoms with van der Waals surface area (Å²) < 4.78 is 37.6. The maximum Gasteiger partial charge on any atom is 0.416 e. The SMILES string of the molecule is O=C(NC(C(=O)O)C1CC1)c1cccc(C(F)(F)F)c1. The molecule has 0 aliphatic heterocycles. The van der Waals surface area contributed by atoms with Crippen LogP contribution in [0.25, 0.3) is 0 Å². The molecule has 0 bridgehead atoms. The highest BCUT2D eigenvalue weighted by Gasteiger charge is 2.37. The number of carboxylic acid groups (broad SMARTS) is 1. The first kappa shape index (κ1) is 14.4. The molecule has 2 rings (SSSR count). The van der Waals surface area contributed by atoms with Crippen molar-refractivity contribution in [2.45, 2.75) is 25.1 Å². The van der Waals surface area contributed by atoms with Gasteiger partial charge in [0.25, 0.3) is 5.91 Å². The first-order valence-corrected chi connectivity index (χ1v) is 6.00. The van der Waals surface area contributed by atoms with E-state index >= 15 is 0 Å². The van der Waals surface area contributed by atoms with E-state index in [0.717, 1.165) is 12.1 Å². The molecule has 0 aromatic heterocycles. The van der Waals surface area contributed by atoms with Crippen molar-refractivity contribution in [3.63, 3.8) is 0 Å². The third kappa shape index (κ3) is 3.28. The molecule has 1 saturated carbocycles. The number of carbonyl (C=O) groups excluding carboxylic acids is 1. The molecule has 20 heavy (non-hydrogen) atoms. The molecule has 1 aliphatic carbocycles. The molecule has 108 valence electrons. The van der Waals surface area contributed by atoms with Gasteiger partial charge < -0.3 is 10.4 Å². The highest BCUT2D eigenvalue weighted by molar-refractivity contribution is 5.96. The molecule has 1 aromatic carbocycles. The topological polar surface area (TPSA) is 66.4 Å². The van der Waals surface area contributed by atoms with E-state index in [1.165, 1.54) is 6.07 Å².